The molecule has 0 unspecified atom stereocenters. The Morgan fingerprint density at radius 2 is 1.89 bits per heavy atom. The lowest BCUT2D eigenvalue weighted by molar-refractivity contribution is 0.120. The largest absolute Gasteiger partial charge is 0.497 e. The first-order chi connectivity index (χ1) is 12.7. The number of nitrogens with zero attached hydrogens (tertiary/aromatic N) is 3. The highest BCUT2D eigenvalue weighted by Gasteiger charge is 2.19. The van der Waals surface area contributed by atoms with Gasteiger partial charge in [-0.15, -0.1) is 24.0 Å². The summed E-state index contributed by atoms with van der Waals surface area (Å²) in [5.41, 5.74) is 1.24. The Bertz CT molecular complexity index is 545. The zero-order chi connectivity index (χ0) is 18.8. The summed E-state index contributed by atoms with van der Waals surface area (Å²) in [6.45, 7) is 6.00. The van der Waals surface area contributed by atoms with Gasteiger partial charge in [0, 0.05) is 40.8 Å². The highest BCUT2D eigenvalue weighted by Crippen LogP contribution is 2.16. The monoisotopic (exact) mass is 490 g/mol. The van der Waals surface area contributed by atoms with Crippen molar-refractivity contribution in [3.05, 3.63) is 29.8 Å². The summed E-state index contributed by atoms with van der Waals surface area (Å²) in [6.07, 6.45) is 2.46. The van der Waals surface area contributed by atoms with Crippen molar-refractivity contribution < 1.29 is 9.47 Å². The molecular formula is C20H35IN4O2. The second-order valence-electron chi connectivity index (χ2n) is 6.91. The molecule has 1 aromatic carbocycles. The van der Waals surface area contributed by atoms with Gasteiger partial charge in [-0.25, -0.2) is 0 Å². The minimum Gasteiger partial charge on any atom is -0.497 e. The van der Waals surface area contributed by atoms with Crippen molar-refractivity contribution in [2.75, 3.05) is 61.1 Å². The molecule has 0 spiro atoms. The maximum atomic E-state index is 5.22. The average Bonchev–Trinajstić information content (AvgIpc) is 2.68. The maximum Gasteiger partial charge on any atom is 0.193 e. The van der Waals surface area contributed by atoms with Gasteiger partial charge in [-0.3, -0.25) is 4.99 Å². The number of benzene rings is 1. The van der Waals surface area contributed by atoms with Gasteiger partial charge in [0.25, 0.3) is 0 Å². The average molecular weight is 490 g/mol. The topological polar surface area (TPSA) is 49.3 Å². The Kier molecular flexibility index (Phi) is 11.7. The standard InChI is InChI=1S/C20H34N4O2.HI/c1-21-20(23(2)16-18-5-7-19(26-4)8-6-18)22-15-17-9-11-24(12-10-17)13-14-25-3;/h5-8,17H,9-16H2,1-4H3,(H,21,22);1H. The van der Waals surface area contributed by atoms with Crippen molar-refractivity contribution in [2.45, 2.75) is 19.4 Å². The van der Waals surface area contributed by atoms with E-state index in [9.17, 15) is 0 Å². The predicted octanol–water partition coefficient (Wildman–Crippen LogP) is 2.68. The van der Waals surface area contributed by atoms with Crippen molar-refractivity contribution in [1.29, 1.82) is 0 Å². The van der Waals surface area contributed by atoms with Crippen LogP contribution in [-0.4, -0.2) is 76.9 Å². The van der Waals surface area contributed by atoms with Crippen LogP contribution in [0.4, 0.5) is 0 Å². The predicted molar refractivity (Wildman–Crippen MR) is 122 cm³/mol. The Balaban J connectivity index is 0.00000364. The minimum absolute atomic E-state index is 0. The highest BCUT2D eigenvalue weighted by atomic mass is 127. The van der Waals surface area contributed by atoms with Gasteiger partial charge in [0.2, 0.25) is 0 Å². The molecule has 154 valence electrons. The van der Waals surface area contributed by atoms with Crippen LogP contribution >= 0.6 is 24.0 Å². The van der Waals surface area contributed by atoms with Gasteiger partial charge in [0.05, 0.1) is 13.7 Å². The Morgan fingerprint density at radius 3 is 2.44 bits per heavy atom. The highest BCUT2D eigenvalue weighted by molar-refractivity contribution is 14.0. The summed E-state index contributed by atoms with van der Waals surface area (Å²) in [5, 5.41) is 3.55. The number of hydrogen-bond donors (Lipinski definition) is 1. The van der Waals surface area contributed by atoms with Crippen LogP contribution in [0.2, 0.25) is 0 Å². The first kappa shape index (κ1) is 24.0. The normalized spacial score (nSPS) is 15.9. The SMILES string of the molecule is CN=C(NCC1CCN(CCOC)CC1)N(C)Cc1ccc(OC)cc1.I. The fourth-order valence-electron chi connectivity index (χ4n) is 3.33. The van der Waals surface area contributed by atoms with Crippen LogP contribution in [0, 0.1) is 5.92 Å². The lowest BCUT2D eigenvalue weighted by atomic mass is 9.97. The second-order valence-corrected chi connectivity index (χ2v) is 6.91. The zero-order valence-electron chi connectivity index (χ0n) is 17.1. The smallest absolute Gasteiger partial charge is 0.193 e. The molecule has 1 aromatic rings. The first-order valence-corrected chi connectivity index (χ1v) is 9.42. The van der Waals surface area contributed by atoms with Crippen LogP contribution in [0.3, 0.4) is 0 Å². The van der Waals surface area contributed by atoms with Crippen LogP contribution in [0.15, 0.2) is 29.3 Å². The number of rotatable bonds is 8. The second kappa shape index (κ2) is 13.2. The number of ether oxygens (including phenoxy) is 2. The molecular weight excluding hydrogens is 455 g/mol. The molecule has 7 heteroatoms. The van der Waals surface area contributed by atoms with E-state index in [0.29, 0.717) is 5.92 Å². The molecule has 0 radical (unpaired) electrons. The summed E-state index contributed by atoms with van der Waals surface area (Å²) in [7, 11) is 7.38. The molecule has 0 atom stereocenters. The number of piperidine rings is 1. The molecule has 6 nitrogen and oxygen atoms in total. The van der Waals surface area contributed by atoms with Crippen molar-refractivity contribution in [2.24, 2.45) is 10.9 Å². The fourth-order valence-corrected chi connectivity index (χ4v) is 3.33. The number of methoxy groups -OCH3 is 2. The van der Waals surface area contributed by atoms with E-state index in [0.717, 1.165) is 51.0 Å². The van der Waals surface area contributed by atoms with Gasteiger partial charge < -0.3 is 24.6 Å². The summed E-state index contributed by atoms with van der Waals surface area (Å²) in [6, 6.07) is 8.18. The molecule has 27 heavy (non-hydrogen) atoms. The van der Waals surface area contributed by atoms with Gasteiger partial charge in [0.1, 0.15) is 5.75 Å². The molecule has 2 rings (SSSR count). The van der Waals surface area contributed by atoms with Crippen molar-refractivity contribution in [3.8, 4) is 5.75 Å². The molecule has 1 aliphatic rings. The van der Waals surface area contributed by atoms with Crippen LogP contribution in [0.5, 0.6) is 5.75 Å². The Labute approximate surface area is 181 Å². The molecule has 0 bridgehead atoms. The van der Waals surface area contributed by atoms with Crippen molar-refractivity contribution in [3.63, 3.8) is 0 Å². The van der Waals surface area contributed by atoms with Crippen LogP contribution in [0.1, 0.15) is 18.4 Å². The molecule has 1 saturated heterocycles. The maximum absolute atomic E-state index is 5.22. The molecule has 0 aromatic heterocycles. The summed E-state index contributed by atoms with van der Waals surface area (Å²) in [4.78, 5) is 9.09. The summed E-state index contributed by atoms with van der Waals surface area (Å²) >= 11 is 0. The van der Waals surface area contributed by atoms with Crippen LogP contribution in [-0.2, 0) is 11.3 Å². The van der Waals surface area contributed by atoms with E-state index in [1.807, 2.05) is 19.2 Å². The summed E-state index contributed by atoms with van der Waals surface area (Å²) in [5.74, 6) is 2.54. The zero-order valence-corrected chi connectivity index (χ0v) is 19.4. The van der Waals surface area contributed by atoms with Gasteiger partial charge in [0.15, 0.2) is 5.96 Å². The molecule has 1 fully saturated rings. The molecule has 1 heterocycles. The van der Waals surface area contributed by atoms with E-state index in [1.54, 1.807) is 14.2 Å². The minimum atomic E-state index is 0. The molecule has 0 aliphatic carbocycles. The summed E-state index contributed by atoms with van der Waals surface area (Å²) < 4.78 is 10.4. The van der Waals surface area contributed by atoms with Gasteiger partial charge in [-0.2, -0.15) is 0 Å². The van der Waals surface area contributed by atoms with Gasteiger partial charge in [-0.1, -0.05) is 12.1 Å². The lowest BCUT2D eigenvalue weighted by Gasteiger charge is -2.32. The third kappa shape index (κ3) is 8.23. The van der Waals surface area contributed by atoms with E-state index in [-0.39, 0.29) is 24.0 Å². The van der Waals surface area contributed by atoms with Crippen molar-refractivity contribution >= 4 is 29.9 Å². The fraction of sp³-hybridized carbons (Fsp3) is 0.650. The number of likely N-dealkylation sites (tertiary alicyclic amines) is 1. The molecule has 0 saturated carbocycles. The first-order valence-electron chi connectivity index (χ1n) is 9.42. The molecule has 1 aliphatic heterocycles. The van der Waals surface area contributed by atoms with Crippen LogP contribution in [0.25, 0.3) is 0 Å². The number of aliphatic imine (C=N–C) groups is 1. The Hall–Kier alpha value is -1.06. The molecule has 1 N–H and O–H groups in total. The number of nitrogens with one attached hydrogen (secondary N) is 1. The van der Waals surface area contributed by atoms with Crippen LogP contribution < -0.4 is 10.1 Å². The van der Waals surface area contributed by atoms with Crippen molar-refractivity contribution in [1.82, 2.24) is 15.1 Å². The molecule has 0 amide bonds. The lowest BCUT2D eigenvalue weighted by Crippen LogP contribution is -2.43. The van der Waals surface area contributed by atoms with E-state index < -0.39 is 0 Å². The quantitative estimate of drug-likeness (QED) is 0.345. The number of guanidine groups is 1. The third-order valence-corrected chi connectivity index (χ3v) is 5.02. The Morgan fingerprint density at radius 1 is 1.22 bits per heavy atom. The third-order valence-electron chi connectivity index (χ3n) is 5.02. The van der Waals surface area contributed by atoms with E-state index in [1.165, 1.54) is 18.4 Å². The van der Waals surface area contributed by atoms with Gasteiger partial charge >= 0.3 is 0 Å². The van der Waals surface area contributed by atoms with E-state index >= 15 is 0 Å². The van der Waals surface area contributed by atoms with E-state index in [4.69, 9.17) is 9.47 Å². The van der Waals surface area contributed by atoms with E-state index in [2.05, 4.69) is 39.3 Å². The van der Waals surface area contributed by atoms with Gasteiger partial charge in [-0.05, 0) is 49.5 Å². The number of halogens is 1. The number of hydrogen-bond acceptors (Lipinski definition) is 4.